The Hall–Kier alpha value is -0.925. The van der Waals surface area contributed by atoms with Crippen molar-refractivity contribution in [3.63, 3.8) is 0 Å². The lowest BCUT2D eigenvalue weighted by Gasteiger charge is -2.11. The highest BCUT2D eigenvalue weighted by molar-refractivity contribution is 7.85. The Morgan fingerprint density at radius 1 is 1.33 bits per heavy atom. The predicted molar refractivity (Wildman–Crippen MR) is 58.3 cm³/mol. The van der Waals surface area contributed by atoms with Crippen molar-refractivity contribution in [3.8, 4) is 0 Å². The Balaban J connectivity index is 3.17. The van der Waals surface area contributed by atoms with Crippen LogP contribution in [0.1, 0.15) is 5.56 Å². The number of alkyl halides is 3. The quantitative estimate of drug-likeness (QED) is 0.627. The highest BCUT2D eigenvalue weighted by Gasteiger charge is 2.32. The van der Waals surface area contributed by atoms with Crippen LogP contribution in [0.2, 0.25) is 0 Å². The van der Waals surface area contributed by atoms with Crippen LogP contribution in [-0.4, -0.2) is 33.3 Å². The molecule has 9 heteroatoms. The molecule has 0 saturated heterocycles. The van der Waals surface area contributed by atoms with E-state index in [1.54, 1.807) is 0 Å². The van der Waals surface area contributed by atoms with Crippen molar-refractivity contribution in [2.45, 2.75) is 18.0 Å². The van der Waals surface area contributed by atoms with E-state index in [-0.39, 0.29) is 10.5 Å². The maximum Gasteiger partial charge on any atom is 0.491 e. The molecule has 0 fully saturated rings. The Labute approximate surface area is 103 Å². The second kappa shape index (κ2) is 5.37. The summed E-state index contributed by atoms with van der Waals surface area (Å²) in [6.07, 6.45) is -4.62. The standard InChI is InChI=1S/C9H9BF4O3S/c1-5-2-7(11)6(10(15)16)3-8(5)18(17)4-9(12,13)14/h2-3,15-16H,4H2,1H3. The number of rotatable bonds is 3. The minimum absolute atomic E-state index is 0.0551. The molecule has 3 nitrogen and oxygen atoms in total. The zero-order chi connectivity index (χ0) is 14.1. The first-order chi connectivity index (χ1) is 8.11. The fourth-order valence-corrected chi connectivity index (χ4v) is 2.47. The lowest BCUT2D eigenvalue weighted by Crippen LogP contribution is -2.33. The van der Waals surface area contributed by atoms with Crippen LogP contribution in [0, 0.1) is 12.7 Å². The molecule has 0 spiro atoms. The average Bonchev–Trinajstić information content (AvgIpc) is 2.13. The molecular formula is C9H9BF4O3S. The van der Waals surface area contributed by atoms with Gasteiger partial charge in [-0.3, -0.25) is 4.21 Å². The van der Waals surface area contributed by atoms with Crippen LogP contribution in [0.4, 0.5) is 17.6 Å². The van der Waals surface area contributed by atoms with Crippen LogP contribution in [-0.2, 0) is 10.8 Å². The Bertz CT molecular complexity index is 476. The van der Waals surface area contributed by atoms with Crippen molar-refractivity contribution in [1.82, 2.24) is 0 Å². The van der Waals surface area contributed by atoms with Crippen LogP contribution < -0.4 is 5.46 Å². The smallest absolute Gasteiger partial charge is 0.423 e. The summed E-state index contributed by atoms with van der Waals surface area (Å²) < 4.78 is 61.0. The summed E-state index contributed by atoms with van der Waals surface area (Å²) >= 11 is 0. The summed E-state index contributed by atoms with van der Waals surface area (Å²) in [6.45, 7) is 1.29. The first-order valence-corrected chi connectivity index (χ1v) is 6.05. The van der Waals surface area contributed by atoms with Gasteiger partial charge < -0.3 is 10.0 Å². The maximum absolute atomic E-state index is 13.2. The zero-order valence-corrected chi connectivity index (χ0v) is 9.98. The van der Waals surface area contributed by atoms with E-state index >= 15 is 0 Å². The SMILES string of the molecule is Cc1cc(F)c(B(O)O)cc1S(=O)CC(F)(F)F. The number of aryl methyl sites for hydroxylation is 1. The highest BCUT2D eigenvalue weighted by atomic mass is 32.2. The van der Waals surface area contributed by atoms with Gasteiger partial charge >= 0.3 is 13.3 Å². The third-order valence-electron chi connectivity index (χ3n) is 2.11. The third kappa shape index (κ3) is 3.79. The van der Waals surface area contributed by atoms with Gasteiger partial charge in [-0.1, -0.05) is 0 Å². The fraction of sp³-hybridized carbons (Fsp3) is 0.333. The van der Waals surface area contributed by atoms with Crippen LogP contribution >= 0.6 is 0 Å². The summed E-state index contributed by atoms with van der Waals surface area (Å²) in [5.74, 6) is -2.55. The molecule has 0 radical (unpaired) electrons. The van der Waals surface area contributed by atoms with Gasteiger partial charge in [-0.2, -0.15) is 13.2 Å². The van der Waals surface area contributed by atoms with Crippen molar-refractivity contribution < 1.29 is 31.8 Å². The number of hydrogen-bond donors (Lipinski definition) is 2. The molecule has 0 heterocycles. The minimum Gasteiger partial charge on any atom is -0.423 e. The monoisotopic (exact) mass is 284 g/mol. The molecule has 0 aromatic heterocycles. The van der Waals surface area contributed by atoms with Crippen LogP contribution in [0.3, 0.4) is 0 Å². The van der Waals surface area contributed by atoms with Gasteiger partial charge in [0.1, 0.15) is 11.6 Å². The Morgan fingerprint density at radius 2 is 1.89 bits per heavy atom. The molecule has 1 rings (SSSR count). The van der Waals surface area contributed by atoms with E-state index in [1.165, 1.54) is 6.92 Å². The van der Waals surface area contributed by atoms with Crippen LogP contribution in [0.25, 0.3) is 0 Å². The molecule has 0 saturated carbocycles. The Kier molecular flexibility index (Phi) is 4.52. The van der Waals surface area contributed by atoms with E-state index in [4.69, 9.17) is 10.0 Å². The predicted octanol–water partition coefficient (Wildman–Crippen LogP) is 0.484. The topological polar surface area (TPSA) is 57.5 Å². The van der Waals surface area contributed by atoms with Crippen molar-refractivity contribution in [2.24, 2.45) is 0 Å². The summed E-state index contributed by atoms with van der Waals surface area (Å²) in [5, 5.41) is 17.7. The Morgan fingerprint density at radius 3 is 2.33 bits per heavy atom. The second-order valence-electron chi connectivity index (χ2n) is 3.62. The number of hydrogen-bond acceptors (Lipinski definition) is 3. The summed E-state index contributed by atoms with van der Waals surface area (Å²) in [4.78, 5) is -0.267. The van der Waals surface area contributed by atoms with E-state index in [0.717, 1.165) is 12.1 Å². The van der Waals surface area contributed by atoms with E-state index in [0.29, 0.717) is 0 Å². The van der Waals surface area contributed by atoms with Gasteiger partial charge in [0.2, 0.25) is 0 Å². The number of halogens is 4. The summed E-state index contributed by atoms with van der Waals surface area (Å²) in [7, 11) is -4.59. The molecule has 1 atom stereocenters. The largest absolute Gasteiger partial charge is 0.491 e. The summed E-state index contributed by atoms with van der Waals surface area (Å²) in [5.41, 5.74) is -0.550. The molecule has 1 aromatic rings. The van der Waals surface area contributed by atoms with Gasteiger partial charge in [0, 0.05) is 10.4 Å². The van der Waals surface area contributed by atoms with Crippen LogP contribution in [0.5, 0.6) is 0 Å². The molecule has 0 aliphatic heterocycles. The second-order valence-corrected chi connectivity index (χ2v) is 5.04. The first-order valence-electron chi connectivity index (χ1n) is 4.73. The van der Waals surface area contributed by atoms with Crippen molar-refractivity contribution >= 4 is 23.4 Å². The summed E-state index contributed by atoms with van der Waals surface area (Å²) in [6, 6.07) is 1.59. The van der Waals surface area contributed by atoms with Gasteiger partial charge in [0.25, 0.3) is 0 Å². The van der Waals surface area contributed by atoms with Gasteiger partial charge in [-0.15, -0.1) is 0 Å². The van der Waals surface area contributed by atoms with Gasteiger partial charge in [-0.25, -0.2) is 4.39 Å². The first kappa shape index (κ1) is 15.1. The molecule has 0 amide bonds. The van der Waals surface area contributed by atoms with E-state index in [2.05, 4.69) is 0 Å². The lowest BCUT2D eigenvalue weighted by atomic mass is 9.79. The van der Waals surface area contributed by atoms with Crippen LogP contribution in [0.15, 0.2) is 17.0 Å². The van der Waals surface area contributed by atoms with Gasteiger partial charge in [0.15, 0.2) is 0 Å². The van der Waals surface area contributed by atoms with Crippen molar-refractivity contribution in [2.75, 3.05) is 5.75 Å². The maximum atomic E-state index is 13.2. The van der Waals surface area contributed by atoms with Crippen molar-refractivity contribution in [1.29, 1.82) is 0 Å². The molecule has 1 unspecified atom stereocenters. The molecular weight excluding hydrogens is 275 g/mol. The highest BCUT2D eigenvalue weighted by Crippen LogP contribution is 2.21. The van der Waals surface area contributed by atoms with Crippen molar-refractivity contribution in [3.05, 3.63) is 23.5 Å². The molecule has 0 aliphatic rings. The lowest BCUT2D eigenvalue weighted by molar-refractivity contribution is -0.105. The zero-order valence-electron chi connectivity index (χ0n) is 9.16. The van der Waals surface area contributed by atoms with Gasteiger partial charge in [-0.05, 0) is 24.6 Å². The number of benzene rings is 1. The third-order valence-corrected chi connectivity index (χ3v) is 3.63. The fourth-order valence-electron chi connectivity index (χ4n) is 1.34. The van der Waals surface area contributed by atoms with E-state index < -0.39 is 41.1 Å². The normalized spacial score (nSPS) is 13.5. The molecule has 0 bridgehead atoms. The van der Waals surface area contributed by atoms with E-state index in [9.17, 15) is 21.8 Å². The molecule has 2 N–H and O–H groups in total. The van der Waals surface area contributed by atoms with Gasteiger partial charge in [0.05, 0.1) is 10.8 Å². The average molecular weight is 284 g/mol. The van der Waals surface area contributed by atoms with E-state index in [1.807, 2.05) is 0 Å². The minimum atomic E-state index is -4.62. The molecule has 100 valence electrons. The molecule has 0 aliphatic carbocycles. The molecule has 18 heavy (non-hydrogen) atoms. The molecule has 1 aromatic carbocycles.